The average Bonchev–Trinajstić information content (AvgIpc) is 3.75. The lowest BCUT2D eigenvalue weighted by Crippen LogP contribution is -2.69. The number of carbonyl (C=O) groups excluding carboxylic acids is 3. The molecule has 0 aromatic heterocycles. The van der Waals surface area contributed by atoms with Gasteiger partial charge in [0, 0.05) is 30.6 Å². The lowest BCUT2D eigenvalue weighted by atomic mass is 9.53. The summed E-state index contributed by atoms with van der Waals surface area (Å²) in [5.41, 5.74) is -2.86. The van der Waals surface area contributed by atoms with Crippen LogP contribution < -0.4 is 0 Å². The molecule has 0 amide bonds. The van der Waals surface area contributed by atoms with Gasteiger partial charge in [0.1, 0.15) is 30.5 Å². The smallest absolute Gasteiger partial charge is 0.312 e. The van der Waals surface area contributed by atoms with E-state index in [1.807, 2.05) is 13.8 Å². The predicted molar refractivity (Wildman–Crippen MR) is 127 cm³/mol. The minimum Gasteiger partial charge on any atom is -0.459 e. The maximum atomic E-state index is 12.9. The van der Waals surface area contributed by atoms with Crippen molar-refractivity contribution in [3.63, 3.8) is 0 Å². The lowest BCUT2D eigenvalue weighted by molar-refractivity contribution is -0.223. The molecule has 0 radical (unpaired) electrons. The van der Waals surface area contributed by atoms with E-state index in [-0.39, 0.29) is 6.42 Å². The molecule has 5 rings (SSSR count). The van der Waals surface area contributed by atoms with E-state index in [1.165, 1.54) is 13.8 Å². The van der Waals surface area contributed by atoms with E-state index in [1.54, 1.807) is 6.92 Å². The van der Waals surface area contributed by atoms with Gasteiger partial charge in [-0.1, -0.05) is 27.4 Å². The third-order valence-electron chi connectivity index (χ3n) is 9.27. The van der Waals surface area contributed by atoms with Crippen LogP contribution in [0.15, 0.2) is 12.2 Å². The minimum absolute atomic E-state index is 0.220. The van der Waals surface area contributed by atoms with Gasteiger partial charge < -0.3 is 33.9 Å². The number of halogens is 1. The number of ether oxygens (including phenoxy) is 5. The molecule has 0 aromatic rings. The highest BCUT2D eigenvalue weighted by Crippen LogP contribution is 2.63. The first-order chi connectivity index (χ1) is 17.3. The molecule has 5 fully saturated rings. The van der Waals surface area contributed by atoms with Crippen LogP contribution in [0.25, 0.3) is 0 Å². The highest BCUT2D eigenvalue weighted by molar-refractivity contribution is 6.23. The second-order valence-corrected chi connectivity index (χ2v) is 11.9. The fraction of sp³-hybridized carbons (Fsp3) is 0.808. The summed E-state index contributed by atoms with van der Waals surface area (Å²) in [5, 5.41) is 23.0. The van der Waals surface area contributed by atoms with Gasteiger partial charge in [-0.3, -0.25) is 14.4 Å². The molecule has 2 aliphatic carbocycles. The van der Waals surface area contributed by atoms with Gasteiger partial charge in [0.05, 0.1) is 23.5 Å². The van der Waals surface area contributed by atoms with Gasteiger partial charge in [0.15, 0.2) is 11.7 Å². The summed E-state index contributed by atoms with van der Waals surface area (Å²) in [6.07, 6.45) is -6.05. The third-order valence-corrected chi connectivity index (χ3v) is 9.78. The summed E-state index contributed by atoms with van der Waals surface area (Å²) in [6.45, 7) is 12.2. The zero-order chi connectivity index (χ0) is 27.2. The van der Waals surface area contributed by atoms with E-state index in [0.717, 1.165) is 0 Å². The molecule has 10 nitrogen and oxygen atoms in total. The van der Waals surface area contributed by atoms with Crippen molar-refractivity contribution in [2.75, 3.05) is 0 Å². The van der Waals surface area contributed by atoms with E-state index < -0.39 is 101 Å². The standard InChI is InChI=1S/C26H35ClO10/c1-7-8-13(29)34-16-9(2)14-21(33-12(5)28)26(32)11(4)24(31)37-22(26)15(27)10(3)17-18(35-17)20(30)25(14,6)23-19(16)36-23/h9,11,14-23,30,32H,3,7-8H2,1-2,4-6H3/t9-,11+,14-,15+,16-,17-,18-,19+,20+,21+,22+,23+,25+,26-/m1/s1. The Kier molecular flexibility index (Phi) is 6.47. The third kappa shape index (κ3) is 3.77. The summed E-state index contributed by atoms with van der Waals surface area (Å²) in [4.78, 5) is 37.9. The van der Waals surface area contributed by atoms with Crippen LogP contribution in [-0.4, -0.2) is 87.9 Å². The molecule has 0 bridgehead atoms. The van der Waals surface area contributed by atoms with E-state index >= 15 is 0 Å². The van der Waals surface area contributed by atoms with Crippen molar-refractivity contribution in [2.24, 2.45) is 23.2 Å². The molecule has 0 unspecified atom stereocenters. The molecule has 5 aliphatic rings. The number of epoxide rings is 2. The number of alkyl halides is 1. The maximum Gasteiger partial charge on any atom is 0.312 e. The minimum atomic E-state index is -2.08. The normalized spacial score (nSPS) is 52.0. The SMILES string of the molecule is C=C1[C@H]2O[C@H]2[C@H](O)[C@]2(C)[C@H]([C@@H](C)[C@@H](OC(=O)CCC)[C@@H]3O[C@@H]32)[C@H](OC(C)=O)[C@]2(O)[C@@H](C)C(=O)O[C@H]2[C@H]1Cl. The summed E-state index contributed by atoms with van der Waals surface area (Å²) in [5.74, 6) is -4.32. The molecular formula is C26H35ClO10. The number of hydrogen-bond donors (Lipinski definition) is 2. The maximum absolute atomic E-state index is 12.9. The van der Waals surface area contributed by atoms with Crippen LogP contribution in [-0.2, 0) is 38.1 Å². The molecule has 3 aliphatic heterocycles. The number of fused-ring (bicyclic) bond motifs is 5. The van der Waals surface area contributed by atoms with Crippen LogP contribution in [0.1, 0.15) is 47.5 Å². The van der Waals surface area contributed by atoms with Crippen molar-refractivity contribution >= 4 is 29.5 Å². The van der Waals surface area contributed by atoms with Gasteiger partial charge in [-0.25, -0.2) is 0 Å². The highest BCUT2D eigenvalue weighted by atomic mass is 35.5. The fourth-order valence-corrected chi connectivity index (χ4v) is 7.53. The van der Waals surface area contributed by atoms with Gasteiger partial charge in [0.2, 0.25) is 0 Å². The van der Waals surface area contributed by atoms with Crippen LogP contribution in [0.4, 0.5) is 0 Å². The summed E-state index contributed by atoms with van der Waals surface area (Å²) in [6, 6.07) is 0. The number of carbonyl (C=O) groups is 3. The van der Waals surface area contributed by atoms with Crippen LogP contribution >= 0.6 is 11.6 Å². The van der Waals surface area contributed by atoms with Crippen LogP contribution in [0, 0.1) is 23.2 Å². The van der Waals surface area contributed by atoms with Crippen LogP contribution in [0.5, 0.6) is 0 Å². The Morgan fingerprint density at radius 2 is 1.84 bits per heavy atom. The van der Waals surface area contributed by atoms with E-state index in [9.17, 15) is 24.6 Å². The number of esters is 3. The molecule has 3 saturated heterocycles. The van der Waals surface area contributed by atoms with Crippen LogP contribution in [0.3, 0.4) is 0 Å². The molecule has 206 valence electrons. The topological polar surface area (TPSA) is 144 Å². The Labute approximate surface area is 220 Å². The Morgan fingerprint density at radius 1 is 1.16 bits per heavy atom. The number of aliphatic hydroxyl groups excluding tert-OH is 1. The van der Waals surface area contributed by atoms with E-state index in [4.69, 9.17) is 35.3 Å². The van der Waals surface area contributed by atoms with Gasteiger partial charge in [-0.05, 0) is 18.9 Å². The monoisotopic (exact) mass is 542 g/mol. The van der Waals surface area contributed by atoms with Crippen molar-refractivity contribution in [3.05, 3.63) is 12.2 Å². The molecule has 2 N–H and O–H groups in total. The number of rotatable bonds is 4. The molecule has 11 heteroatoms. The molecule has 37 heavy (non-hydrogen) atoms. The molecule has 2 saturated carbocycles. The Balaban J connectivity index is 1.67. The second kappa shape index (κ2) is 8.91. The number of aliphatic hydroxyl groups is 2. The average molecular weight is 543 g/mol. The predicted octanol–water partition coefficient (Wildman–Crippen LogP) is 1.27. The fourth-order valence-electron chi connectivity index (χ4n) is 7.15. The highest BCUT2D eigenvalue weighted by Gasteiger charge is 2.77. The summed E-state index contributed by atoms with van der Waals surface area (Å²) < 4.78 is 29.2. The number of hydrogen-bond acceptors (Lipinski definition) is 10. The van der Waals surface area contributed by atoms with Gasteiger partial charge in [-0.15, -0.1) is 11.6 Å². The van der Waals surface area contributed by atoms with Gasteiger partial charge >= 0.3 is 17.9 Å². The Hall–Kier alpha value is -1.72. The van der Waals surface area contributed by atoms with Crippen molar-refractivity contribution in [1.29, 1.82) is 0 Å². The largest absolute Gasteiger partial charge is 0.459 e. The van der Waals surface area contributed by atoms with Crippen molar-refractivity contribution in [1.82, 2.24) is 0 Å². The van der Waals surface area contributed by atoms with Crippen molar-refractivity contribution in [2.45, 2.75) is 107 Å². The first-order valence-corrected chi connectivity index (χ1v) is 13.3. The first kappa shape index (κ1) is 26.9. The quantitative estimate of drug-likeness (QED) is 0.175. The first-order valence-electron chi connectivity index (χ1n) is 12.9. The van der Waals surface area contributed by atoms with E-state index in [2.05, 4.69) is 6.58 Å². The van der Waals surface area contributed by atoms with E-state index in [0.29, 0.717) is 12.0 Å². The van der Waals surface area contributed by atoms with Crippen molar-refractivity contribution < 1.29 is 48.3 Å². The van der Waals surface area contributed by atoms with Gasteiger partial charge in [-0.2, -0.15) is 0 Å². The molecule has 0 spiro atoms. The molecular weight excluding hydrogens is 508 g/mol. The lowest BCUT2D eigenvalue weighted by Gasteiger charge is -2.54. The summed E-state index contributed by atoms with van der Waals surface area (Å²) >= 11 is 6.74. The Morgan fingerprint density at radius 3 is 2.46 bits per heavy atom. The molecule has 0 aromatic carbocycles. The zero-order valence-corrected chi connectivity index (χ0v) is 22.3. The Bertz CT molecular complexity index is 1020. The second-order valence-electron chi connectivity index (χ2n) is 11.4. The molecule has 3 heterocycles. The summed E-state index contributed by atoms with van der Waals surface area (Å²) in [7, 11) is 0. The zero-order valence-electron chi connectivity index (χ0n) is 21.6. The van der Waals surface area contributed by atoms with Gasteiger partial charge in [0.25, 0.3) is 0 Å². The van der Waals surface area contributed by atoms with Crippen molar-refractivity contribution in [3.8, 4) is 0 Å². The van der Waals surface area contributed by atoms with Crippen LogP contribution in [0.2, 0.25) is 0 Å². The molecule has 14 atom stereocenters.